The number of amides is 4. The number of hydrogen-bond acceptors (Lipinski definition) is 3. The Morgan fingerprint density at radius 2 is 1.91 bits per heavy atom. The summed E-state index contributed by atoms with van der Waals surface area (Å²) in [4.78, 5) is 37.1. The molecule has 4 amide bonds. The van der Waals surface area contributed by atoms with Crippen LogP contribution in [0.3, 0.4) is 0 Å². The lowest BCUT2D eigenvalue weighted by atomic mass is 9.72. The highest BCUT2D eigenvalue weighted by Gasteiger charge is 2.49. The van der Waals surface area contributed by atoms with Crippen molar-refractivity contribution in [2.24, 2.45) is 23.2 Å². The lowest BCUT2D eigenvalue weighted by Crippen LogP contribution is -2.43. The van der Waals surface area contributed by atoms with E-state index in [0.717, 1.165) is 12.8 Å². The maximum absolute atomic E-state index is 12.3. The number of fused-ring (bicyclic) bond motifs is 1. The van der Waals surface area contributed by atoms with Crippen molar-refractivity contribution in [2.45, 2.75) is 39.5 Å². The van der Waals surface area contributed by atoms with Crippen LogP contribution in [0.25, 0.3) is 0 Å². The van der Waals surface area contributed by atoms with Crippen LogP contribution in [0.15, 0.2) is 0 Å². The summed E-state index contributed by atoms with van der Waals surface area (Å²) in [5, 5.41) is 5.33. The average molecular weight is 307 g/mol. The van der Waals surface area contributed by atoms with Gasteiger partial charge in [0.1, 0.15) is 0 Å². The molecule has 0 aromatic rings. The van der Waals surface area contributed by atoms with Crippen LogP contribution in [0.1, 0.15) is 39.5 Å². The maximum Gasteiger partial charge on any atom is 0.317 e. The fourth-order valence-corrected chi connectivity index (χ4v) is 4.18. The van der Waals surface area contributed by atoms with Gasteiger partial charge in [-0.1, -0.05) is 20.3 Å². The Morgan fingerprint density at radius 1 is 1.27 bits per heavy atom. The summed E-state index contributed by atoms with van der Waals surface area (Å²) in [6.45, 7) is 5.96. The van der Waals surface area contributed by atoms with Gasteiger partial charge in [-0.2, -0.15) is 0 Å². The molecule has 6 nitrogen and oxygen atoms in total. The van der Waals surface area contributed by atoms with Crippen molar-refractivity contribution < 1.29 is 14.4 Å². The van der Waals surface area contributed by atoms with Gasteiger partial charge in [0, 0.05) is 19.6 Å². The van der Waals surface area contributed by atoms with Crippen molar-refractivity contribution in [2.75, 3.05) is 19.6 Å². The zero-order valence-electron chi connectivity index (χ0n) is 13.4. The third kappa shape index (κ3) is 2.96. The first kappa shape index (κ1) is 15.3. The Morgan fingerprint density at radius 3 is 2.50 bits per heavy atom. The first-order valence-corrected chi connectivity index (χ1v) is 8.23. The first-order chi connectivity index (χ1) is 10.4. The molecular weight excluding hydrogens is 282 g/mol. The summed E-state index contributed by atoms with van der Waals surface area (Å²) >= 11 is 0. The van der Waals surface area contributed by atoms with E-state index in [1.807, 2.05) is 0 Å². The van der Waals surface area contributed by atoms with Crippen molar-refractivity contribution in [3.05, 3.63) is 0 Å². The van der Waals surface area contributed by atoms with Crippen LogP contribution in [0.2, 0.25) is 0 Å². The lowest BCUT2D eigenvalue weighted by Gasteiger charge is -2.35. The van der Waals surface area contributed by atoms with Crippen LogP contribution in [-0.2, 0) is 9.59 Å². The van der Waals surface area contributed by atoms with Gasteiger partial charge in [0.2, 0.25) is 11.8 Å². The van der Waals surface area contributed by atoms with E-state index in [2.05, 4.69) is 24.5 Å². The number of imide groups is 1. The topological polar surface area (TPSA) is 78.5 Å². The van der Waals surface area contributed by atoms with E-state index in [4.69, 9.17) is 0 Å². The molecule has 3 fully saturated rings. The molecule has 1 aliphatic carbocycles. The predicted octanol–water partition coefficient (Wildman–Crippen LogP) is 1.12. The summed E-state index contributed by atoms with van der Waals surface area (Å²) < 4.78 is 0. The number of likely N-dealkylation sites (tertiary alicyclic amines) is 1. The number of nitrogens with one attached hydrogen (secondary N) is 2. The van der Waals surface area contributed by atoms with Gasteiger partial charge < -0.3 is 10.2 Å². The summed E-state index contributed by atoms with van der Waals surface area (Å²) in [6, 6.07) is -0.140. The molecule has 0 bridgehead atoms. The molecule has 2 aliphatic heterocycles. The minimum absolute atomic E-state index is 0.140. The van der Waals surface area contributed by atoms with E-state index in [0.29, 0.717) is 31.0 Å². The number of carbonyl (C=O) groups is 3. The molecule has 3 atom stereocenters. The largest absolute Gasteiger partial charge is 0.338 e. The molecule has 2 heterocycles. The molecule has 1 unspecified atom stereocenters. The number of carbonyl (C=O) groups excluding carboxylic acids is 3. The minimum atomic E-state index is -0.355. The Balaban J connectivity index is 1.49. The molecule has 2 N–H and O–H groups in total. The van der Waals surface area contributed by atoms with Crippen molar-refractivity contribution in [3.8, 4) is 0 Å². The molecule has 22 heavy (non-hydrogen) atoms. The van der Waals surface area contributed by atoms with E-state index in [-0.39, 0.29) is 29.7 Å². The van der Waals surface area contributed by atoms with E-state index in [1.165, 1.54) is 12.8 Å². The monoisotopic (exact) mass is 307 g/mol. The van der Waals surface area contributed by atoms with E-state index in [1.54, 1.807) is 4.90 Å². The minimum Gasteiger partial charge on any atom is -0.338 e. The normalized spacial score (nSPS) is 33.5. The van der Waals surface area contributed by atoms with Crippen LogP contribution in [0.4, 0.5) is 4.79 Å². The average Bonchev–Trinajstić information content (AvgIpc) is 2.98. The van der Waals surface area contributed by atoms with Crippen LogP contribution in [-0.4, -0.2) is 42.4 Å². The van der Waals surface area contributed by atoms with Crippen LogP contribution < -0.4 is 10.6 Å². The summed E-state index contributed by atoms with van der Waals surface area (Å²) in [7, 11) is 0. The highest BCUT2D eigenvalue weighted by atomic mass is 16.2. The second kappa shape index (κ2) is 5.56. The van der Waals surface area contributed by atoms with Gasteiger partial charge in [-0.05, 0) is 30.6 Å². The van der Waals surface area contributed by atoms with Gasteiger partial charge in [-0.15, -0.1) is 0 Å². The lowest BCUT2D eigenvalue weighted by molar-refractivity contribution is -0.126. The molecule has 3 aliphatic rings. The summed E-state index contributed by atoms with van der Waals surface area (Å²) in [5.41, 5.74) is 0.364. The third-order valence-corrected chi connectivity index (χ3v) is 5.38. The number of hydrogen-bond donors (Lipinski definition) is 2. The van der Waals surface area contributed by atoms with E-state index in [9.17, 15) is 14.4 Å². The van der Waals surface area contributed by atoms with E-state index < -0.39 is 0 Å². The van der Waals surface area contributed by atoms with Gasteiger partial charge >= 0.3 is 6.03 Å². The fourth-order valence-electron chi connectivity index (χ4n) is 4.18. The fraction of sp³-hybridized carbons (Fsp3) is 0.812. The summed E-state index contributed by atoms with van der Waals surface area (Å²) in [6.07, 6.45) is 4.77. The second-order valence-electron chi connectivity index (χ2n) is 7.78. The molecule has 1 saturated carbocycles. The number of nitrogens with zero attached hydrogens (tertiary/aromatic N) is 1. The second-order valence-corrected chi connectivity index (χ2v) is 7.78. The van der Waals surface area contributed by atoms with Gasteiger partial charge in [-0.3, -0.25) is 14.9 Å². The van der Waals surface area contributed by atoms with Crippen molar-refractivity contribution in [1.82, 2.24) is 15.5 Å². The SMILES string of the molecule is CC1(C)CCCC(CNC(=O)N2C[C@@H]3C(=O)NC(=O)[C@@H]3C2)C1. The standard InChI is InChI=1S/C16H25N3O3/c1-16(2)5-3-4-10(6-16)7-17-15(22)19-8-11-12(9-19)14(21)18-13(11)20/h10-12H,3-9H2,1-2H3,(H,17,22)(H,18,20,21)/t10?,11-,12+. The predicted molar refractivity (Wildman–Crippen MR) is 80.8 cm³/mol. The van der Waals surface area contributed by atoms with Gasteiger partial charge in [0.05, 0.1) is 11.8 Å². The number of urea groups is 1. The van der Waals surface area contributed by atoms with Gasteiger partial charge in [-0.25, -0.2) is 4.79 Å². The summed E-state index contributed by atoms with van der Waals surface area (Å²) in [5.74, 6) is -0.655. The molecule has 0 aromatic carbocycles. The Kier molecular flexibility index (Phi) is 3.87. The van der Waals surface area contributed by atoms with Gasteiger partial charge in [0.15, 0.2) is 0 Å². The molecule has 6 heteroatoms. The van der Waals surface area contributed by atoms with Crippen molar-refractivity contribution in [1.29, 1.82) is 0 Å². The highest BCUT2D eigenvalue weighted by Crippen LogP contribution is 2.38. The molecule has 122 valence electrons. The molecule has 0 aromatic heterocycles. The van der Waals surface area contributed by atoms with E-state index >= 15 is 0 Å². The quantitative estimate of drug-likeness (QED) is 0.750. The van der Waals surface area contributed by atoms with Gasteiger partial charge in [0.25, 0.3) is 0 Å². The van der Waals surface area contributed by atoms with Crippen LogP contribution in [0, 0.1) is 23.2 Å². The van der Waals surface area contributed by atoms with Crippen LogP contribution >= 0.6 is 0 Å². The Labute approximate surface area is 131 Å². The molecule has 0 radical (unpaired) electrons. The smallest absolute Gasteiger partial charge is 0.317 e. The third-order valence-electron chi connectivity index (χ3n) is 5.38. The molecule has 0 spiro atoms. The zero-order chi connectivity index (χ0) is 15.9. The Bertz CT molecular complexity index is 481. The molecule has 3 rings (SSSR count). The van der Waals surface area contributed by atoms with Crippen molar-refractivity contribution in [3.63, 3.8) is 0 Å². The zero-order valence-corrected chi connectivity index (χ0v) is 13.4. The Hall–Kier alpha value is -1.59. The molecule has 2 saturated heterocycles. The molecular formula is C16H25N3O3. The number of rotatable bonds is 2. The first-order valence-electron chi connectivity index (χ1n) is 8.23. The highest BCUT2D eigenvalue weighted by molar-refractivity contribution is 6.06. The maximum atomic E-state index is 12.3. The van der Waals surface area contributed by atoms with Crippen LogP contribution in [0.5, 0.6) is 0 Å². The van der Waals surface area contributed by atoms with Crippen molar-refractivity contribution >= 4 is 17.8 Å².